The molecular formula is C12H19F3N2O. The van der Waals surface area contributed by atoms with Gasteiger partial charge < -0.3 is 10.2 Å². The zero-order chi connectivity index (χ0) is 13.2. The minimum absolute atomic E-state index is 0.251. The summed E-state index contributed by atoms with van der Waals surface area (Å²) >= 11 is 0. The smallest absolute Gasteiger partial charge is 0.331 e. The molecule has 104 valence electrons. The highest BCUT2D eigenvalue weighted by Crippen LogP contribution is 2.34. The monoisotopic (exact) mass is 264 g/mol. The molecule has 2 aliphatic rings. The van der Waals surface area contributed by atoms with Crippen LogP contribution < -0.4 is 5.32 Å². The van der Waals surface area contributed by atoms with E-state index in [1.807, 2.05) is 0 Å². The van der Waals surface area contributed by atoms with Gasteiger partial charge in [-0.1, -0.05) is 0 Å². The molecule has 2 fully saturated rings. The van der Waals surface area contributed by atoms with Crippen LogP contribution in [0.5, 0.6) is 0 Å². The summed E-state index contributed by atoms with van der Waals surface area (Å²) in [6, 6.07) is -0.251. The molecule has 0 aromatic rings. The van der Waals surface area contributed by atoms with Crippen molar-refractivity contribution in [2.45, 2.75) is 44.3 Å². The fourth-order valence-corrected chi connectivity index (χ4v) is 2.42. The highest BCUT2D eigenvalue weighted by atomic mass is 19.4. The second-order valence-electron chi connectivity index (χ2n) is 5.27. The predicted octanol–water partition coefficient (Wildman–Crippen LogP) is 1.93. The zero-order valence-electron chi connectivity index (χ0n) is 10.3. The lowest BCUT2D eigenvalue weighted by Crippen LogP contribution is -2.49. The van der Waals surface area contributed by atoms with Gasteiger partial charge in [0.2, 0.25) is 5.91 Å². The van der Waals surface area contributed by atoms with Gasteiger partial charge in [-0.15, -0.1) is 0 Å². The predicted molar refractivity (Wildman–Crippen MR) is 61.0 cm³/mol. The normalized spacial score (nSPS) is 21.9. The molecule has 0 radical (unpaired) electrons. The van der Waals surface area contributed by atoms with Crippen molar-refractivity contribution >= 4 is 5.91 Å². The van der Waals surface area contributed by atoms with E-state index in [4.69, 9.17) is 0 Å². The molecule has 1 amide bonds. The second-order valence-corrected chi connectivity index (χ2v) is 5.27. The Hall–Kier alpha value is -0.780. The first kappa shape index (κ1) is 13.6. The van der Waals surface area contributed by atoms with Crippen LogP contribution in [0.2, 0.25) is 0 Å². The topological polar surface area (TPSA) is 32.3 Å². The number of nitrogens with zero attached hydrogens (tertiary/aromatic N) is 1. The highest BCUT2D eigenvalue weighted by Gasteiger charge is 2.38. The van der Waals surface area contributed by atoms with Crippen LogP contribution in [-0.2, 0) is 4.79 Å². The maximum absolute atomic E-state index is 12.6. The third-order valence-corrected chi connectivity index (χ3v) is 3.58. The van der Waals surface area contributed by atoms with Gasteiger partial charge in [0, 0.05) is 12.5 Å². The number of halogens is 3. The third-order valence-electron chi connectivity index (χ3n) is 3.58. The molecule has 1 aliphatic heterocycles. The molecule has 0 unspecified atom stereocenters. The van der Waals surface area contributed by atoms with Crippen LogP contribution in [0.15, 0.2) is 0 Å². The second kappa shape index (κ2) is 5.47. The number of piperidine rings is 1. The molecule has 0 aromatic carbocycles. The van der Waals surface area contributed by atoms with Crippen LogP contribution in [0, 0.1) is 5.92 Å². The number of hydrogen-bond acceptors (Lipinski definition) is 2. The van der Waals surface area contributed by atoms with Crippen molar-refractivity contribution in [1.29, 1.82) is 0 Å². The zero-order valence-corrected chi connectivity index (χ0v) is 10.3. The molecule has 6 heteroatoms. The summed E-state index contributed by atoms with van der Waals surface area (Å²) in [5, 5.41) is 3.11. The van der Waals surface area contributed by atoms with Gasteiger partial charge in [0.15, 0.2) is 0 Å². The molecule has 0 aromatic heterocycles. The first-order chi connectivity index (χ1) is 8.46. The number of rotatable bonds is 4. The minimum Gasteiger partial charge on any atom is -0.331 e. The van der Waals surface area contributed by atoms with Gasteiger partial charge in [-0.3, -0.25) is 4.79 Å². The standard InChI is InChI=1S/C12H19F3N2O/c13-12(14,15)8-17(10-3-5-16-6-4-10)11(18)7-9-1-2-9/h9-10,16H,1-8H2. The van der Waals surface area contributed by atoms with Crippen molar-refractivity contribution in [3.63, 3.8) is 0 Å². The van der Waals surface area contributed by atoms with E-state index in [1.54, 1.807) is 0 Å². The Morgan fingerprint density at radius 1 is 1.17 bits per heavy atom. The summed E-state index contributed by atoms with van der Waals surface area (Å²) < 4.78 is 37.7. The maximum Gasteiger partial charge on any atom is 0.406 e. The summed E-state index contributed by atoms with van der Waals surface area (Å²) in [5.74, 6) is 0.0108. The number of carbonyl (C=O) groups excluding carboxylic acids is 1. The lowest BCUT2D eigenvalue weighted by atomic mass is 10.0. The Labute approximate surface area is 105 Å². The van der Waals surface area contributed by atoms with Gasteiger partial charge >= 0.3 is 6.18 Å². The van der Waals surface area contributed by atoms with E-state index in [1.165, 1.54) is 0 Å². The Bertz CT molecular complexity index is 296. The SMILES string of the molecule is O=C(CC1CC1)N(CC(F)(F)F)C1CCNCC1. The van der Waals surface area contributed by atoms with E-state index in [-0.39, 0.29) is 11.9 Å². The summed E-state index contributed by atoms with van der Waals surface area (Å²) in [6.07, 6.45) is -0.807. The van der Waals surface area contributed by atoms with Crippen molar-refractivity contribution < 1.29 is 18.0 Å². The molecule has 2 rings (SSSR count). The molecule has 18 heavy (non-hydrogen) atoms. The van der Waals surface area contributed by atoms with Crippen LogP contribution in [-0.4, -0.2) is 42.7 Å². The van der Waals surface area contributed by atoms with Gasteiger partial charge in [0.1, 0.15) is 6.54 Å². The largest absolute Gasteiger partial charge is 0.406 e. The summed E-state index contributed by atoms with van der Waals surface area (Å²) in [6.45, 7) is 0.286. The molecule has 0 spiro atoms. The van der Waals surface area contributed by atoms with E-state index in [0.717, 1.165) is 17.7 Å². The highest BCUT2D eigenvalue weighted by molar-refractivity contribution is 5.77. The minimum atomic E-state index is -4.30. The Kier molecular flexibility index (Phi) is 4.14. The number of amides is 1. The number of carbonyl (C=O) groups is 1. The average molecular weight is 264 g/mol. The fraction of sp³-hybridized carbons (Fsp3) is 0.917. The molecule has 1 N–H and O–H groups in total. The fourth-order valence-electron chi connectivity index (χ4n) is 2.42. The quantitative estimate of drug-likeness (QED) is 0.841. The van der Waals surface area contributed by atoms with E-state index >= 15 is 0 Å². The third kappa shape index (κ3) is 4.15. The lowest BCUT2D eigenvalue weighted by Gasteiger charge is -2.35. The number of hydrogen-bond donors (Lipinski definition) is 1. The Balaban J connectivity index is 1.97. The summed E-state index contributed by atoms with van der Waals surface area (Å²) in [5.41, 5.74) is 0. The molecule has 1 heterocycles. The first-order valence-corrected chi connectivity index (χ1v) is 6.52. The van der Waals surface area contributed by atoms with Gasteiger partial charge in [-0.2, -0.15) is 13.2 Å². The van der Waals surface area contributed by atoms with Crippen molar-refractivity contribution in [3.05, 3.63) is 0 Å². The van der Waals surface area contributed by atoms with Crippen LogP contribution >= 0.6 is 0 Å². The van der Waals surface area contributed by atoms with E-state index < -0.39 is 12.7 Å². The average Bonchev–Trinajstić information content (AvgIpc) is 3.10. The molecule has 1 saturated heterocycles. The molecule has 1 aliphatic carbocycles. The number of nitrogens with one attached hydrogen (secondary N) is 1. The van der Waals surface area contributed by atoms with Crippen LogP contribution in [0.4, 0.5) is 13.2 Å². The lowest BCUT2D eigenvalue weighted by molar-refractivity contribution is -0.167. The van der Waals surface area contributed by atoms with Crippen LogP contribution in [0.3, 0.4) is 0 Å². The maximum atomic E-state index is 12.6. The van der Waals surface area contributed by atoms with E-state index in [0.29, 0.717) is 38.3 Å². The van der Waals surface area contributed by atoms with Crippen LogP contribution in [0.25, 0.3) is 0 Å². The number of alkyl halides is 3. The van der Waals surface area contributed by atoms with Gasteiger partial charge in [0.25, 0.3) is 0 Å². The van der Waals surface area contributed by atoms with Crippen molar-refractivity contribution in [3.8, 4) is 0 Å². The van der Waals surface area contributed by atoms with Gasteiger partial charge in [-0.25, -0.2) is 0 Å². The molecule has 0 bridgehead atoms. The summed E-state index contributed by atoms with van der Waals surface area (Å²) in [7, 11) is 0. The van der Waals surface area contributed by atoms with Gasteiger partial charge in [-0.05, 0) is 44.7 Å². The molecule has 3 nitrogen and oxygen atoms in total. The van der Waals surface area contributed by atoms with Gasteiger partial charge in [0.05, 0.1) is 0 Å². The van der Waals surface area contributed by atoms with Crippen molar-refractivity contribution in [2.75, 3.05) is 19.6 Å². The van der Waals surface area contributed by atoms with Crippen molar-refractivity contribution in [2.24, 2.45) is 5.92 Å². The summed E-state index contributed by atoms with van der Waals surface area (Å²) in [4.78, 5) is 13.0. The first-order valence-electron chi connectivity index (χ1n) is 6.52. The van der Waals surface area contributed by atoms with E-state index in [2.05, 4.69) is 5.32 Å². The Morgan fingerprint density at radius 3 is 2.28 bits per heavy atom. The van der Waals surface area contributed by atoms with Crippen LogP contribution in [0.1, 0.15) is 32.1 Å². The molecule has 0 atom stereocenters. The molecule has 1 saturated carbocycles. The molecular weight excluding hydrogens is 245 g/mol. The van der Waals surface area contributed by atoms with E-state index in [9.17, 15) is 18.0 Å². The Morgan fingerprint density at radius 2 is 1.78 bits per heavy atom. The van der Waals surface area contributed by atoms with Crippen molar-refractivity contribution in [1.82, 2.24) is 10.2 Å².